The third-order valence-corrected chi connectivity index (χ3v) is 8.10. The van der Waals surface area contributed by atoms with Gasteiger partial charge in [-0.15, -0.1) is 0 Å². The predicted octanol–water partition coefficient (Wildman–Crippen LogP) is 0.128. The largest absolute Gasteiger partial charge is 0.394 e. The third-order valence-electron chi connectivity index (χ3n) is 8.10. The number of nitrogens with zero attached hydrogens (tertiary/aromatic N) is 2. The summed E-state index contributed by atoms with van der Waals surface area (Å²) in [6.45, 7) is 14.4. The number of nitrogens with one attached hydrogen (secondary N) is 2. The van der Waals surface area contributed by atoms with Gasteiger partial charge in [0.05, 0.1) is 6.61 Å². The highest BCUT2D eigenvalue weighted by Crippen LogP contribution is 2.53. The Morgan fingerprint density at radius 2 is 2.00 bits per heavy atom. The number of aliphatic hydroxyl groups excluding tert-OH is 1. The summed E-state index contributed by atoms with van der Waals surface area (Å²) in [4.78, 5) is 17.3. The first-order chi connectivity index (χ1) is 13.6. The van der Waals surface area contributed by atoms with E-state index in [0.717, 1.165) is 25.6 Å². The van der Waals surface area contributed by atoms with Gasteiger partial charge in [0.15, 0.2) is 0 Å². The quantitative estimate of drug-likeness (QED) is 0.500. The second-order valence-corrected chi connectivity index (χ2v) is 11.5. The van der Waals surface area contributed by atoms with Gasteiger partial charge in [-0.25, -0.2) is 0 Å². The summed E-state index contributed by atoms with van der Waals surface area (Å²) >= 11 is 0. The normalized spacial score (nSPS) is 33.0. The van der Waals surface area contributed by atoms with Gasteiger partial charge in [0, 0.05) is 54.8 Å². The second kappa shape index (κ2) is 7.45. The molecule has 0 bridgehead atoms. The molecule has 29 heavy (non-hydrogen) atoms. The van der Waals surface area contributed by atoms with Crippen LogP contribution in [0, 0.1) is 11.3 Å². The van der Waals surface area contributed by atoms with Gasteiger partial charge in [0.25, 0.3) is 0 Å². The van der Waals surface area contributed by atoms with Crippen molar-refractivity contribution >= 4 is 5.91 Å². The van der Waals surface area contributed by atoms with Gasteiger partial charge in [-0.2, -0.15) is 0 Å². The third kappa shape index (κ3) is 4.22. The first-order valence-electron chi connectivity index (χ1n) is 11.5. The Morgan fingerprint density at radius 3 is 2.59 bits per heavy atom. The molecular weight excluding hydrogens is 366 g/mol. The Kier molecular flexibility index (Phi) is 5.52. The average Bonchev–Trinajstić information content (AvgIpc) is 3.12. The monoisotopic (exact) mass is 407 g/mol. The molecule has 3 saturated heterocycles. The maximum absolute atomic E-state index is 12.2. The summed E-state index contributed by atoms with van der Waals surface area (Å²) in [5, 5.41) is 16.1. The Bertz CT molecular complexity index is 623. The molecule has 5 N–H and O–H groups in total. The lowest BCUT2D eigenvalue weighted by Gasteiger charge is -2.54. The molecule has 1 aliphatic carbocycles. The van der Waals surface area contributed by atoms with Crippen LogP contribution < -0.4 is 16.4 Å². The smallest absolute Gasteiger partial charge is 0.239 e. The average molecular weight is 408 g/mol. The second-order valence-electron chi connectivity index (χ2n) is 11.5. The van der Waals surface area contributed by atoms with E-state index in [9.17, 15) is 4.79 Å². The van der Waals surface area contributed by atoms with E-state index in [4.69, 9.17) is 10.8 Å². The zero-order valence-corrected chi connectivity index (χ0v) is 18.7. The van der Waals surface area contributed by atoms with Crippen LogP contribution in [0.1, 0.15) is 53.4 Å². The molecule has 4 aliphatic rings. The molecule has 4 atom stereocenters. The molecular formula is C22H41N5O2. The zero-order valence-electron chi connectivity index (χ0n) is 18.7. The number of likely N-dealkylation sites (tertiary alicyclic amines) is 2. The summed E-state index contributed by atoms with van der Waals surface area (Å²) in [5.74, 6) is 0.521. The van der Waals surface area contributed by atoms with Crippen molar-refractivity contribution in [2.24, 2.45) is 17.1 Å². The van der Waals surface area contributed by atoms with Crippen LogP contribution in [-0.2, 0) is 4.79 Å². The Morgan fingerprint density at radius 1 is 1.31 bits per heavy atom. The molecule has 3 heterocycles. The number of amides is 1. The van der Waals surface area contributed by atoms with Crippen molar-refractivity contribution in [3.8, 4) is 0 Å². The lowest BCUT2D eigenvalue weighted by Crippen LogP contribution is -2.70. The van der Waals surface area contributed by atoms with Gasteiger partial charge in [-0.05, 0) is 65.8 Å². The lowest BCUT2D eigenvalue weighted by atomic mass is 9.81. The summed E-state index contributed by atoms with van der Waals surface area (Å²) in [5.41, 5.74) is 6.56. The number of rotatable bonds is 6. The van der Waals surface area contributed by atoms with Gasteiger partial charge in [-0.1, -0.05) is 0 Å². The fourth-order valence-electron chi connectivity index (χ4n) is 5.83. The van der Waals surface area contributed by atoms with E-state index in [0.29, 0.717) is 11.6 Å². The summed E-state index contributed by atoms with van der Waals surface area (Å²) < 4.78 is 0. The highest BCUT2D eigenvalue weighted by atomic mass is 16.3. The Balaban J connectivity index is 1.27. The number of hydrogen-bond donors (Lipinski definition) is 4. The van der Waals surface area contributed by atoms with Crippen molar-refractivity contribution in [2.75, 3.05) is 39.3 Å². The van der Waals surface area contributed by atoms with Gasteiger partial charge in [-0.3, -0.25) is 14.6 Å². The van der Waals surface area contributed by atoms with Crippen LogP contribution in [0.25, 0.3) is 0 Å². The minimum absolute atomic E-state index is 0.176. The van der Waals surface area contributed by atoms with Gasteiger partial charge in [0.2, 0.25) is 5.91 Å². The molecule has 2 spiro atoms. The molecule has 2 unspecified atom stereocenters. The zero-order chi connectivity index (χ0) is 21.0. The molecule has 7 nitrogen and oxygen atoms in total. The molecule has 1 amide bonds. The van der Waals surface area contributed by atoms with E-state index in [2.05, 4.69) is 48.1 Å². The SMILES string of the molecule is CC(CC1CNC2(C1)CN(C(C)(C)C)C2)N1C[C@H](NC(=O)[C@@H](N)CO)C2(CC2)C1. The van der Waals surface area contributed by atoms with Crippen LogP contribution in [-0.4, -0.2) is 89.3 Å². The molecule has 0 aromatic heterocycles. The standard InChI is InChI=1S/C22H41N5O2/c1-15(7-16-8-22(24-9-16)13-27(14-22)20(2,3)4)26-10-18(21(12-26)5-6-21)25-19(29)17(23)11-28/h15-18,24,28H,5-14,23H2,1-4H3,(H,25,29)/t15?,16?,17-,18-/m0/s1. The van der Waals surface area contributed by atoms with Crippen LogP contribution in [0.5, 0.6) is 0 Å². The summed E-state index contributed by atoms with van der Waals surface area (Å²) in [6, 6.07) is -0.107. The first-order valence-corrected chi connectivity index (χ1v) is 11.5. The minimum Gasteiger partial charge on any atom is -0.394 e. The van der Waals surface area contributed by atoms with E-state index in [1.165, 1.54) is 38.8 Å². The molecule has 0 aromatic rings. The van der Waals surface area contributed by atoms with Crippen LogP contribution in [0.3, 0.4) is 0 Å². The Labute approximate surface area is 175 Å². The van der Waals surface area contributed by atoms with Gasteiger partial charge in [0.1, 0.15) is 6.04 Å². The van der Waals surface area contributed by atoms with Crippen molar-refractivity contribution < 1.29 is 9.90 Å². The Hall–Kier alpha value is -0.730. The van der Waals surface area contributed by atoms with E-state index < -0.39 is 6.04 Å². The predicted molar refractivity (Wildman–Crippen MR) is 114 cm³/mol. The minimum atomic E-state index is -0.812. The number of aliphatic hydroxyl groups is 1. The van der Waals surface area contributed by atoms with E-state index >= 15 is 0 Å². The van der Waals surface area contributed by atoms with E-state index in [1.54, 1.807) is 0 Å². The van der Waals surface area contributed by atoms with Gasteiger partial charge < -0.3 is 21.5 Å². The molecule has 0 radical (unpaired) electrons. The number of hydrogen-bond acceptors (Lipinski definition) is 6. The van der Waals surface area contributed by atoms with Crippen molar-refractivity contribution in [1.29, 1.82) is 0 Å². The van der Waals surface area contributed by atoms with E-state index in [1.807, 2.05) is 0 Å². The van der Waals surface area contributed by atoms with E-state index in [-0.39, 0.29) is 29.5 Å². The molecule has 4 fully saturated rings. The van der Waals surface area contributed by atoms with Crippen molar-refractivity contribution in [3.63, 3.8) is 0 Å². The highest BCUT2D eigenvalue weighted by molar-refractivity contribution is 5.82. The van der Waals surface area contributed by atoms with Crippen molar-refractivity contribution in [1.82, 2.24) is 20.4 Å². The molecule has 1 saturated carbocycles. The highest BCUT2D eigenvalue weighted by Gasteiger charge is 2.56. The summed E-state index contributed by atoms with van der Waals surface area (Å²) in [6.07, 6.45) is 4.88. The van der Waals surface area contributed by atoms with Crippen molar-refractivity contribution in [3.05, 3.63) is 0 Å². The maximum atomic E-state index is 12.2. The summed E-state index contributed by atoms with van der Waals surface area (Å²) in [7, 11) is 0. The lowest BCUT2D eigenvalue weighted by molar-refractivity contribution is -0.124. The fourth-order valence-corrected chi connectivity index (χ4v) is 5.83. The molecule has 7 heteroatoms. The van der Waals surface area contributed by atoms with Crippen LogP contribution in [0.2, 0.25) is 0 Å². The maximum Gasteiger partial charge on any atom is 0.239 e. The number of carbonyl (C=O) groups excluding carboxylic acids is 1. The molecule has 166 valence electrons. The fraction of sp³-hybridized carbons (Fsp3) is 0.955. The first kappa shape index (κ1) is 21.5. The van der Waals surface area contributed by atoms with Crippen molar-refractivity contribution in [2.45, 2.75) is 82.6 Å². The molecule has 3 aliphatic heterocycles. The topological polar surface area (TPSA) is 93.9 Å². The van der Waals surface area contributed by atoms with Crippen LogP contribution in [0.4, 0.5) is 0 Å². The van der Waals surface area contributed by atoms with Crippen LogP contribution >= 0.6 is 0 Å². The molecule has 4 rings (SSSR count). The number of carbonyl (C=O) groups is 1. The number of nitrogens with two attached hydrogens (primary N) is 1. The van der Waals surface area contributed by atoms with Gasteiger partial charge >= 0.3 is 0 Å². The molecule has 0 aromatic carbocycles. The van der Waals surface area contributed by atoms with Crippen LogP contribution in [0.15, 0.2) is 0 Å².